The molecule has 2 rings (SSSR count). The summed E-state index contributed by atoms with van der Waals surface area (Å²) >= 11 is 0. The zero-order chi connectivity index (χ0) is 22.6. The van der Waals surface area contributed by atoms with Crippen LogP contribution in [0.5, 0.6) is 11.5 Å². The van der Waals surface area contributed by atoms with Crippen molar-refractivity contribution in [2.24, 2.45) is 0 Å². The molecule has 0 N–H and O–H groups in total. The van der Waals surface area contributed by atoms with Gasteiger partial charge in [-0.2, -0.15) is 8.78 Å². The first kappa shape index (κ1) is 23.5. The van der Waals surface area contributed by atoms with E-state index in [1.807, 2.05) is 0 Å². The van der Waals surface area contributed by atoms with Crippen molar-refractivity contribution in [2.75, 3.05) is 0 Å². The maximum atomic E-state index is 14.0. The van der Waals surface area contributed by atoms with Gasteiger partial charge in [0.1, 0.15) is 4.83 Å². The van der Waals surface area contributed by atoms with Crippen LogP contribution in [0.25, 0.3) is 0 Å². The molecule has 2 aromatic carbocycles. The molecular formula is C18H16F5NO5P+. The highest BCUT2D eigenvalue weighted by molar-refractivity contribution is 7.36. The number of rotatable bonds is 8. The van der Waals surface area contributed by atoms with Crippen molar-refractivity contribution in [2.45, 2.75) is 32.9 Å². The van der Waals surface area contributed by atoms with Gasteiger partial charge in [0, 0.05) is 4.57 Å². The lowest BCUT2D eigenvalue weighted by Crippen LogP contribution is -2.39. The summed E-state index contributed by atoms with van der Waals surface area (Å²) in [5, 5.41) is 0. The molecule has 0 spiro atoms. The summed E-state index contributed by atoms with van der Waals surface area (Å²) in [7, 11) is -3.20. The molecule has 2 unspecified atom stereocenters. The molecule has 0 aliphatic heterocycles. The number of benzene rings is 2. The predicted molar refractivity (Wildman–Crippen MR) is 94.1 cm³/mol. The third-order valence-corrected chi connectivity index (χ3v) is 4.58. The molecule has 0 saturated carbocycles. The lowest BCUT2D eigenvalue weighted by atomic mass is 10.3. The van der Waals surface area contributed by atoms with Crippen molar-refractivity contribution in [3.63, 3.8) is 0 Å². The number of carbonyl (C=O) groups is 1. The molecule has 0 saturated heterocycles. The van der Waals surface area contributed by atoms with Crippen molar-refractivity contribution < 1.29 is 45.4 Å². The van der Waals surface area contributed by atoms with Gasteiger partial charge >= 0.3 is 14.1 Å². The Bertz CT molecular complexity index is 915. The smallest absolute Gasteiger partial charge is 0.462 e. The Morgan fingerprint density at radius 1 is 0.900 bits per heavy atom. The van der Waals surface area contributed by atoms with E-state index in [2.05, 4.69) is 0 Å². The molecule has 0 amide bonds. The second-order valence-electron chi connectivity index (χ2n) is 6.10. The standard InChI is InChI=1S/C18H16F5NO5P/c1-9(2)27-18(25)10(3)24(30(26)29-11-7-5-4-6-8-11)28-17-15(22)13(20)12(19)14(21)16(17)23/h4-10H,1-3H3/q+1. The molecule has 6 nitrogen and oxygen atoms in total. The van der Waals surface area contributed by atoms with Gasteiger partial charge in [-0.15, -0.1) is 0 Å². The Morgan fingerprint density at radius 2 is 1.40 bits per heavy atom. The van der Waals surface area contributed by atoms with Gasteiger partial charge in [0.2, 0.25) is 34.8 Å². The monoisotopic (exact) mass is 452 g/mol. The summed E-state index contributed by atoms with van der Waals surface area (Å²) < 4.78 is 90.8. The largest absolute Gasteiger partial charge is 0.703 e. The first-order valence-electron chi connectivity index (χ1n) is 8.43. The van der Waals surface area contributed by atoms with Crippen LogP contribution in [0.3, 0.4) is 0 Å². The lowest BCUT2D eigenvalue weighted by molar-refractivity contribution is -0.158. The van der Waals surface area contributed by atoms with E-state index < -0.39 is 61.1 Å². The fraction of sp³-hybridized carbons (Fsp3) is 0.278. The van der Waals surface area contributed by atoms with E-state index >= 15 is 0 Å². The van der Waals surface area contributed by atoms with Crippen LogP contribution in [-0.4, -0.2) is 22.9 Å². The number of hydrogen-bond donors (Lipinski definition) is 0. The maximum Gasteiger partial charge on any atom is 0.703 e. The van der Waals surface area contributed by atoms with E-state index in [1.54, 1.807) is 6.07 Å². The van der Waals surface area contributed by atoms with E-state index in [-0.39, 0.29) is 10.6 Å². The summed E-state index contributed by atoms with van der Waals surface area (Å²) in [4.78, 5) is 17.1. The molecule has 0 aliphatic carbocycles. The molecule has 0 bridgehead atoms. The number of halogens is 5. The second-order valence-corrected chi connectivity index (χ2v) is 7.15. The fourth-order valence-corrected chi connectivity index (χ4v) is 2.95. The van der Waals surface area contributed by atoms with E-state index in [1.165, 1.54) is 38.1 Å². The van der Waals surface area contributed by atoms with Crippen LogP contribution in [0.4, 0.5) is 22.0 Å². The average molecular weight is 452 g/mol. The minimum Gasteiger partial charge on any atom is -0.462 e. The molecule has 2 aromatic rings. The number of esters is 1. The zero-order valence-electron chi connectivity index (χ0n) is 15.9. The normalized spacial score (nSPS) is 12.7. The van der Waals surface area contributed by atoms with E-state index in [4.69, 9.17) is 14.1 Å². The fourth-order valence-electron chi connectivity index (χ4n) is 2.04. The molecule has 0 radical (unpaired) electrons. The van der Waals surface area contributed by atoms with Crippen LogP contribution in [0, 0.1) is 29.1 Å². The van der Waals surface area contributed by atoms with Gasteiger partial charge in [-0.25, -0.2) is 17.7 Å². The minimum atomic E-state index is -3.20. The Kier molecular flexibility index (Phi) is 7.69. The zero-order valence-corrected chi connectivity index (χ0v) is 16.8. The van der Waals surface area contributed by atoms with Gasteiger partial charge in [-0.05, 0) is 32.9 Å². The maximum absolute atomic E-state index is 14.0. The summed E-state index contributed by atoms with van der Waals surface area (Å²) in [5.74, 6) is -14.4. The van der Waals surface area contributed by atoms with Crippen molar-refractivity contribution in [3.05, 3.63) is 59.4 Å². The Morgan fingerprint density at radius 3 is 1.90 bits per heavy atom. The van der Waals surface area contributed by atoms with Crippen molar-refractivity contribution in [1.29, 1.82) is 0 Å². The first-order chi connectivity index (χ1) is 14.0. The van der Waals surface area contributed by atoms with Gasteiger partial charge in [0.05, 0.1) is 6.10 Å². The highest BCUT2D eigenvalue weighted by Crippen LogP contribution is 2.37. The third-order valence-electron chi connectivity index (χ3n) is 3.47. The quantitative estimate of drug-likeness (QED) is 0.139. The van der Waals surface area contributed by atoms with Crippen LogP contribution in [0.1, 0.15) is 20.8 Å². The highest BCUT2D eigenvalue weighted by Gasteiger charge is 2.46. The van der Waals surface area contributed by atoms with Gasteiger partial charge in [0.15, 0.2) is 11.8 Å². The van der Waals surface area contributed by atoms with Crippen LogP contribution in [0.2, 0.25) is 0 Å². The van der Waals surface area contributed by atoms with Crippen LogP contribution in [-0.2, 0) is 14.1 Å². The summed E-state index contributed by atoms with van der Waals surface area (Å²) in [6, 6.07) is 5.79. The molecule has 2 atom stereocenters. The Balaban J connectivity index is 2.44. The molecule has 0 fully saturated rings. The topological polar surface area (TPSA) is 65.1 Å². The van der Waals surface area contributed by atoms with Crippen LogP contribution >= 0.6 is 8.18 Å². The molecule has 0 aliphatic rings. The molecule has 0 aromatic heterocycles. The Labute approximate surface area is 169 Å². The number of carbonyl (C=O) groups excluding carboxylic acids is 1. The predicted octanol–water partition coefficient (Wildman–Crippen LogP) is 5.05. The highest BCUT2D eigenvalue weighted by atomic mass is 31.1. The molecule has 0 heterocycles. The van der Waals surface area contributed by atoms with Crippen LogP contribution < -0.4 is 9.36 Å². The minimum absolute atomic E-state index is 0.0223. The number of hydroxylamine groups is 1. The van der Waals surface area contributed by atoms with E-state index in [0.717, 1.165) is 6.92 Å². The number of hydrogen-bond acceptors (Lipinski definition) is 5. The Hall–Kier alpha value is -2.78. The lowest BCUT2D eigenvalue weighted by Gasteiger charge is -2.19. The average Bonchev–Trinajstić information content (AvgIpc) is 2.70. The number of nitrogens with zero attached hydrogens (tertiary/aromatic N) is 1. The van der Waals surface area contributed by atoms with E-state index in [9.17, 15) is 31.3 Å². The van der Waals surface area contributed by atoms with Gasteiger partial charge in [0.25, 0.3) is 0 Å². The second kappa shape index (κ2) is 9.82. The molecular weight excluding hydrogens is 436 g/mol. The van der Waals surface area contributed by atoms with Gasteiger partial charge in [-0.3, -0.25) is 4.79 Å². The van der Waals surface area contributed by atoms with Crippen molar-refractivity contribution in [1.82, 2.24) is 4.83 Å². The SMILES string of the molecule is CC(C)OC(=O)C(C)N(Oc1c(F)c(F)c(F)c(F)c1F)[P+](=O)Oc1ccccc1. The number of para-hydroxylation sites is 1. The van der Waals surface area contributed by atoms with Gasteiger partial charge in [-0.1, -0.05) is 18.2 Å². The summed E-state index contributed by atoms with van der Waals surface area (Å²) in [6.45, 7) is 4.08. The third kappa shape index (κ3) is 5.22. The summed E-state index contributed by atoms with van der Waals surface area (Å²) in [6.07, 6.45) is -0.621. The van der Waals surface area contributed by atoms with Crippen molar-refractivity contribution >= 4 is 14.1 Å². The number of ether oxygens (including phenoxy) is 1. The molecule has 12 heteroatoms. The first-order valence-corrected chi connectivity index (χ1v) is 9.56. The molecule has 30 heavy (non-hydrogen) atoms. The van der Waals surface area contributed by atoms with E-state index in [0.29, 0.717) is 0 Å². The van der Waals surface area contributed by atoms with Crippen LogP contribution in [0.15, 0.2) is 30.3 Å². The van der Waals surface area contributed by atoms with Crippen molar-refractivity contribution in [3.8, 4) is 11.5 Å². The molecule has 162 valence electrons. The summed E-state index contributed by atoms with van der Waals surface area (Å²) in [5.41, 5.74) is 0. The van der Waals surface area contributed by atoms with Gasteiger partial charge < -0.3 is 9.57 Å².